The molecule has 2 amide bonds. The zero-order valence-electron chi connectivity index (χ0n) is 19.9. The molecule has 3 atom stereocenters. The largest absolute Gasteiger partial charge is 0.481 e. The first-order valence-electron chi connectivity index (χ1n) is 12.2. The van der Waals surface area contributed by atoms with Crippen molar-refractivity contribution in [2.75, 3.05) is 19.8 Å². The Balaban J connectivity index is 1.34. The number of ether oxygens (including phenoxy) is 2. The lowest BCUT2D eigenvalue weighted by atomic mass is 9.97. The molecule has 1 aliphatic heterocycles. The van der Waals surface area contributed by atoms with Crippen molar-refractivity contribution in [1.29, 1.82) is 0 Å². The van der Waals surface area contributed by atoms with Crippen molar-refractivity contribution >= 4 is 18.0 Å². The molecular formula is C27H32N2O6. The molecule has 1 fully saturated rings. The molecular weight excluding hydrogens is 448 g/mol. The Labute approximate surface area is 205 Å². The third kappa shape index (κ3) is 6.00. The Bertz CT molecular complexity index is 1020. The second-order valence-electron chi connectivity index (χ2n) is 9.25. The minimum atomic E-state index is -1.23. The standard InChI is InChI=1S/C27H32N2O6/c1-17(24-12-6-7-13-34-24)15-28-26(32)23(14-25(30)31)29-27(33)35-16-22-20-10-4-2-8-18(20)19-9-3-5-11-21(19)22/h2-5,8-11,17,22-24H,6-7,12-16H2,1H3,(H,28,32)(H,29,33)(H,30,31). The number of benzene rings is 2. The van der Waals surface area contributed by atoms with E-state index >= 15 is 0 Å². The van der Waals surface area contributed by atoms with Gasteiger partial charge >= 0.3 is 12.1 Å². The fraction of sp³-hybridized carbons (Fsp3) is 0.444. The number of carbonyl (C=O) groups excluding carboxylic acids is 2. The van der Waals surface area contributed by atoms with Crippen LogP contribution in [0.25, 0.3) is 11.1 Å². The lowest BCUT2D eigenvalue weighted by Gasteiger charge is -2.28. The van der Waals surface area contributed by atoms with Gasteiger partial charge in [0.25, 0.3) is 0 Å². The number of rotatable bonds is 9. The molecule has 186 valence electrons. The molecule has 2 aromatic rings. The van der Waals surface area contributed by atoms with E-state index in [1.165, 1.54) is 0 Å². The quantitative estimate of drug-likeness (QED) is 0.504. The molecule has 4 rings (SSSR count). The normalized spacial score (nSPS) is 18.6. The van der Waals surface area contributed by atoms with E-state index in [-0.39, 0.29) is 24.5 Å². The van der Waals surface area contributed by atoms with Gasteiger partial charge in [-0.05, 0) is 47.4 Å². The molecule has 1 aliphatic carbocycles. The van der Waals surface area contributed by atoms with Crippen LogP contribution in [0.5, 0.6) is 0 Å². The van der Waals surface area contributed by atoms with Gasteiger partial charge in [-0.25, -0.2) is 4.79 Å². The fourth-order valence-corrected chi connectivity index (χ4v) is 4.90. The Kier molecular flexibility index (Phi) is 8.02. The van der Waals surface area contributed by atoms with Gasteiger partial charge in [-0.1, -0.05) is 55.5 Å². The highest BCUT2D eigenvalue weighted by Crippen LogP contribution is 2.44. The molecule has 8 heteroatoms. The van der Waals surface area contributed by atoms with Crippen molar-refractivity contribution in [1.82, 2.24) is 10.6 Å². The molecule has 35 heavy (non-hydrogen) atoms. The SMILES string of the molecule is CC(CNC(=O)C(CC(=O)O)NC(=O)OCC1c2ccccc2-c2ccccc21)C1CCCCO1. The van der Waals surface area contributed by atoms with E-state index in [9.17, 15) is 19.5 Å². The summed E-state index contributed by atoms with van der Waals surface area (Å²) in [5.41, 5.74) is 4.35. The van der Waals surface area contributed by atoms with E-state index in [1.54, 1.807) is 0 Å². The van der Waals surface area contributed by atoms with Gasteiger partial charge in [-0.2, -0.15) is 0 Å². The zero-order chi connectivity index (χ0) is 24.8. The number of carboxylic acid groups (broad SMARTS) is 1. The van der Waals surface area contributed by atoms with Gasteiger partial charge in [0.2, 0.25) is 5.91 Å². The fourth-order valence-electron chi connectivity index (χ4n) is 4.90. The molecule has 8 nitrogen and oxygen atoms in total. The minimum absolute atomic E-state index is 0.0667. The van der Waals surface area contributed by atoms with Crippen LogP contribution < -0.4 is 10.6 Å². The van der Waals surface area contributed by atoms with E-state index in [0.29, 0.717) is 13.2 Å². The van der Waals surface area contributed by atoms with Crippen LogP contribution in [0.4, 0.5) is 4.79 Å². The van der Waals surface area contributed by atoms with Crippen molar-refractivity contribution in [2.45, 2.75) is 50.7 Å². The maximum Gasteiger partial charge on any atom is 0.407 e. The van der Waals surface area contributed by atoms with Crippen LogP contribution in [0, 0.1) is 5.92 Å². The molecule has 0 saturated carbocycles. The lowest BCUT2D eigenvalue weighted by Crippen LogP contribution is -2.49. The number of fused-ring (bicyclic) bond motifs is 3. The summed E-state index contributed by atoms with van der Waals surface area (Å²) in [4.78, 5) is 36.6. The Morgan fingerprint density at radius 2 is 1.71 bits per heavy atom. The third-order valence-corrected chi connectivity index (χ3v) is 6.78. The van der Waals surface area contributed by atoms with E-state index in [2.05, 4.69) is 10.6 Å². The Morgan fingerprint density at radius 3 is 2.31 bits per heavy atom. The number of alkyl carbamates (subject to hydrolysis) is 1. The van der Waals surface area contributed by atoms with Gasteiger partial charge in [0, 0.05) is 19.1 Å². The topological polar surface area (TPSA) is 114 Å². The second-order valence-corrected chi connectivity index (χ2v) is 9.25. The van der Waals surface area contributed by atoms with Crippen LogP contribution >= 0.6 is 0 Å². The molecule has 0 spiro atoms. The summed E-state index contributed by atoms with van der Waals surface area (Å²) in [5.74, 6) is -1.79. The second kappa shape index (κ2) is 11.4. The first-order chi connectivity index (χ1) is 16.9. The monoisotopic (exact) mass is 480 g/mol. The number of amides is 2. The van der Waals surface area contributed by atoms with Gasteiger partial charge < -0.3 is 25.2 Å². The highest BCUT2D eigenvalue weighted by molar-refractivity contribution is 5.89. The average molecular weight is 481 g/mol. The summed E-state index contributed by atoms with van der Waals surface area (Å²) >= 11 is 0. The number of hydrogen-bond donors (Lipinski definition) is 3. The summed E-state index contributed by atoms with van der Waals surface area (Å²) in [7, 11) is 0. The van der Waals surface area contributed by atoms with E-state index in [0.717, 1.165) is 41.5 Å². The van der Waals surface area contributed by atoms with Crippen LogP contribution in [-0.2, 0) is 19.1 Å². The van der Waals surface area contributed by atoms with Gasteiger partial charge in [0.05, 0.1) is 12.5 Å². The summed E-state index contributed by atoms with van der Waals surface area (Å²) in [6.07, 6.45) is 1.78. The van der Waals surface area contributed by atoms with Gasteiger partial charge in [0.15, 0.2) is 0 Å². The highest BCUT2D eigenvalue weighted by Gasteiger charge is 2.30. The van der Waals surface area contributed by atoms with Crippen LogP contribution in [-0.4, -0.2) is 55.0 Å². The maximum atomic E-state index is 12.7. The molecule has 0 aromatic heterocycles. The molecule has 2 aromatic carbocycles. The van der Waals surface area contributed by atoms with Gasteiger partial charge in [-0.15, -0.1) is 0 Å². The number of carboxylic acids is 1. The van der Waals surface area contributed by atoms with Crippen molar-refractivity contribution in [3.8, 4) is 11.1 Å². The summed E-state index contributed by atoms with van der Waals surface area (Å²) < 4.78 is 11.2. The van der Waals surface area contributed by atoms with Gasteiger partial charge in [0.1, 0.15) is 12.6 Å². The predicted molar refractivity (Wildman–Crippen MR) is 130 cm³/mol. The van der Waals surface area contributed by atoms with Crippen LogP contribution in [0.3, 0.4) is 0 Å². The van der Waals surface area contributed by atoms with Crippen molar-refractivity contribution < 1.29 is 29.0 Å². The van der Waals surface area contributed by atoms with Crippen molar-refractivity contribution in [3.63, 3.8) is 0 Å². The predicted octanol–water partition coefficient (Wildman–Crippen LogP) is 3.69. The van der Waals surface area contributed by atoms with Crippen LogP contribution in [0.15, 0.2) is 48.5 Å². The Hall–Kier alpha value is -3.39. The minimum Gasteiger partial charge on any atom is -0.481 e. The number of carbonyl (C=O) groups is 3. The molecule has 3 unspecified atom stereocenters. The maximum absolute atomic E-state index is 12.7. The number of aliphatic carboxylic acids is 1. The summed E-state index contributed by atoms with van der Waals surface area (Å²) in [6, 6.07) is 14.7. The van der Waals surface area contributed by atoms with Crippen LogP contribution in [0.1, 0.15) is 49.7 Å². The average Bonchev–Trinajstić information content (AvgIpc) is 3.19. The van der Waals surface area contributed by atoms with Gasteiger partial charge in [-0.3, -0.25) is 9.59 Å². The first-order valence-corrected chi connectivity index (χ1v) is 12.2. The number of nitrogens with one attached hydrogen (secondary N) is 2. The molecule has 1 heterocycles. The van der Waals surface area contributed by atoms with E-state index in [1.807, 2.05) is 55.5 Å². The third-order valence-electron chi connectivity index (χ3n) is 6.78. The molecule has 0 bridgehead atoms. The molecule has 2 aliphatic rings. The Morgan fingerprint density at radius 1 is 1.06 bits per heavy atom. The lowest BCUT2D eigenvalue weighted by molar-refractivity contribution is -0.139. The number of hydrogen-bond acceptors (Lipinski definition) is 5. The van der Waals surface area contributed by atoms with Crippen molar-refractivity contribution in [3.05, 3.63) is 59.7 Å². The van der Waals surface area contributed by atoms with E-state index < -0.39 is 30.4 Å². The summed E-state index contributed by atoms with van der Waals surface area (Å²) in [6.45, 7) is 3.12. The first kappa shape index (κ1) is 24.7. The molecule has 1 saturated heterocycles. The molecule has 0 radical (unpaired) electrons. The van der Waals surface area contributed by atoms with E-state index in [4.69, 9.17) is 9.47 Å². The smallest absolute Gasteiger partial charge is 0.407 e. The zero-order valence-corrected chi connectivity index (χ0v) is 19.9. The highest BCUT2D eigenvalue weighted by atomic mass is 16.5. The van der Waals surface area contributed by atoms with Crippen molar-refractivity contribution in [2.24, 2.45) is 5.92 Å². The molecule has 3 N–H and O–H groups in total. The van der Waals surface area contributed by atoms with Crippen LogP contribution in [0.2, 0.25) is 0 Å². The summed E-state index contributed by atoms with van der Waals surface area (Å²) in [5, 5.41) is 14.5.